The third-order valence-corrected chi connectivity index (χ3v) is 3.62. The zero-order valence-corrected chi connectivity index (χ0v) is 12.3. The Bertz CT molecular complexity index is 536. The summed E-state index contributed by atoms with van der Waals surface area (Å²) in [5.41, 5.74) is 5.13. The summed E-state index contributed by atoms with van der Waals surface area (Å²) in [6.45, 7) is 5.19. The molecule has 1 atom stereocenters. The van der Waals surface area contributed by atoms with E-state index >= 15 is 0 Å². The van der Waals surface area contributed by atoms with Gasteiger partial charge in [0.1, 0.15) is 0 Å². The van der Waals surface area contributed by atoms with Gasteiger partial charge < -0.3 is 10.4 Å². The number of nitrogens with one attached hydrogen (secondary N) is 1. The van der Waals surface area contributed by atoms with Gasteiger partial charge in [-0.05, 0) is 37.0 Å². The van der Waals surface area contributed by atoms with Crippen molar-refractivity contribution in [2.24, 2.45) is 0 Å². The molecule has 2 heteroatoms. The van der Waals surface area contributed by atoms with E-state index in [1.54, 1.807) is 0 Å². The molecule has 2 aromatic rings. The number of aliphatic hydroxyl groups excluding tert-OH is 1. The Labute approximate surface area is 121 Å². The molecule has 0 saturated carbocycles. The van der Waals surface area contributed by atoms with Gasteiger partial charge in [-0.15, -0.1) is 0 Å². The van der Waals surface area contributed by atoms with Gasteiger partial charge in [-0.2, -0.15) is 0 Å². The Kier molecular flexibility index (Phi) is 5.33. The van der Waals surface area contributed by atoms with Crippen LogP contribution in [0.5, 0.6) is 0 Å². The summed E-state index contributed by atoms with van der Waals surface area (Å²) in [5, 5.41) is 13.0. The van der Waals surface area contributed by atoms with Crippen LogP contribution in [0.25, 0.3) is 0 Å². The van der Waals surface area contributed by atoms with Crippen LogP contribution in [0.3, 0.4) is 0 Å². The molecular formula is C18H23NO. The van der Waals surface area contributed by atoms with E-state index < -0.39 is 0 Å². The van der Waals surface area contributed by atoms with Crippen molar-refractivity contribution in [3.05, 3.63) is 70.8 Å². The highest BCUT2D eigenvalue weighted by atomic mass is 16.3. The highest BCUT2D eigenvalue weighted by molar-refractivity contribution is 5.30. The van der Waals surface area contributed by atoms with Gasteiger partial charge in [0.15, 0.2) is 0 Å². The van der Waals surface area contributed by atoms with E-state index in [0.29, 0.717) is 0 Å². The van der Waals surface area contributed by atoms with E-state index in [2.05, 4.69) is 49.5 Å². The molecule has 0 aliphatic carbocycles. The summed E-state index contributed by atoms with van der Waals surface area (Å²) in [4.78, 5) is 0. The second kappa shape index (κ2) is 7.22. The van der Waals surface area contributed by atoms with Gasteiger partial charge in [0.25, 0.3) is 0 Å². The van der Waals surface area contributed by atoms with Crippen LogP contribution in [0.4, 0.5) is 0 Å². The molecule has 0 aromatic heterocycles. The maximum atomic E-state index is 9.52. The normalized spacial score (nSPS) is 12.3. The smallest absolute Gasteiger partial charge is 0.0587 e. The summed E-state index contributed by atoms with van der Waals surface area (Å²) < 4.78 is 0. The Morgan fingerprint density at radius 3 is 2.45 bits per heavy atom. The lowest BCUT2D eigenvalue weighted by atomic mass is 10.0. The average Bonchev–Trinajstić information content (AvgIpc) is 2.46. The van der Waals surface area contributed by atoms with Crippen LogP contribution < -0.4 is 5.32 Å². The maximum Gasteiger partial charge on any atom is 0.0587 e. The Morgan fingerprint density at radius 2 is 1.80 bits per heavy atom. The Balaban J connectivity index is 1.93. The van der Waals surface area contributed by atoms with Gasteiger partial charge in [0.05, 0.1) is 6.61 Å². The molecule has 0 fully saturated rings. The fourth-order valence-corrected chi connectivity index (χ4v) is 2.40. The number of hydrogen-bond acceptors (Lipinski definition) is 2. The standard InChI is InChI=1S/C18H23NO/c1-14-8-9-17(15(2)10-14)12-19-18(13-20)11-16-6-4-3-5-7-16/h3-10,18-20H,11-13H2,1-2H3. The van der Waals surface area contributed by atoms with Crippen LogP contribution in [0.15, 0.2) is 48.5 Å². The monoisotopic (exact) mass is 269 g/mol. The van der Waals surface area contributed by atoms with Gasteiger partial charge in [-0.1, -0.05) is 54.1 Å². The molecule has 2 N–H and O–H groups in total. The summed E-state index contributed by atoms with van der Waals surface area (Å²) in [6, 6.07) is 16.9. The lowest BCUT2D eigenvalue weighted by Gasteiger charge is -2.17. The predicted molar refractivity (Wildman–Crippen MR) is 83.8 cm³/mol. The minimum absolute atomic E-state index is 0.0955. The number of hydrogen-bond donors (Lipinski definition) is 2. The van der Waals surface area contributed by atoms with Gasteiger partial charge in [0, 0.05) is 12.6 Å². The van der Waals surface area contributed by atoms with E-state index in [-0.39, 0.29) is 12.6 Å². The summed E-state index contributed by atoms with van der Waals surface area (Å²) in [5.74, 6) is 0. The highest BCUT2D eigenvalue weighted by Gasteiger charge is 2.08. The Morgan fingerprint density at radius 1 is 1.05 bits per heavy atom. The van der Waals surface area contributed by atoms with Crippen molar-refractivity contribution >= 4 is 0 Å². The largest absolute Gasteiger partial charge is 0.395 e. The highest BCUT2D eigenvalue weighted by Crippen LogP contribution is 2.11. The predicted octanol–water partition coefficient (Wildman–Crippen LogP) is 3.00. The quantitative estimate of drug-likeness (QED) is 0.845. The van der Waals surface area contributed by atoms with Crippen molar-refractivity contribution in [1.29, 1.82) is 0 Å². The van der Waals surface area contributed by atoms with Crippen molar-refractivity contribution in [1.82, 2.24) is 5.32 Å². The molecule has 106 valence electrons. The first-order valence-corrected chi connectivity index (χ1v) is 7.13. The van der Waals surface area contributed by atoms with Crippen molar-refractivity contribution < 1.29 is 5.11 Å². The van der Waals surface area contributed by atoms with Crippen molar-refractivity contribution in [3.63, 3.8) is 0 Å². The molecule has 1 unspecified atom stereocenters. The minimum Gasteiger partial charge on any atom is -0.395 e. The van der Waals surface area contributed by atoms with E-state index in [1.807, 2.05) is 18.2 Å². The third-order valence-electron chi connectivity index (χ3n) is 3.62. The lowest BCUT2D eigenvalue weighted by Crippen LogP contribution is -2.34. The first-order valence-electron chi connectivity index (χ1n) is 7.13. The molecule has 0 spiro atoms. The first kappa shape index (κ1) is 14.8. The molecule has 0 radical (unpaired) electrons. The molecule has 20 heavy (non-hydrogen) atoms. The SMILES string of the molecule is Cc1ccc(CNC(CO)Cc2ccccc2)c(C)c1. The molecule has 0 heterocycles. The fraction of sp³-hybridized carbons (Fsp3) is 0.333. The molecule has 0 saturated heterocycles. The van der Waals surface area contributed by atoms with Gasteiger partial charge in [-0.3, -0.25) is 0 Å². The molecule has 0 amide bonds. The molecular weight excluding hydrogens is 246 g/mol. The van der Waals surface area contributed by atoms with Crippen molar-refractivity contribution in [2.75, 3.05) is 6.61 Å². The van der Waals surface area contributed by atoms with Gasteiger partial charge in [0.2, 0.25) is 0 Å². The number of aliphatic hydroxyl groups is 1. The van der Waals surface area contributed by atoms with Crippen LogP contribution in [0.1, 0.15) is 22.3 Å². The maximum absolute atomic E-state index is 9.52. The molecule has 2 aromatic carbocycles. The zero-order chi connectivity index (χ0) is 14.4. The molecule has 0 bridgehead atoms. The van der Waals surface area contributed by atoms with Crippen LogP contribution in [-0.4, -0.2) is 17.8 Å². The molecule has 0 aliphatic rings. The number of benzene rings is 2. The van der Waals surface area contributed by atoms with Gasteiger partial charge in [-0.25, -0.2) is 0 Å². The van der Waals surface area contributed by atoms with Crippen molar-refractivity contribution in [3.8, 4) is 0 Å². The van der Waals surface area contributed by atoms with Gasteiger partial charge >= 0.3 is 0 Å². The average molecular weight is 269 g/mol. The van der Waals surface area contributed by atoms with Crippen LogP contribution in [0, 0.1) is 13.8 Å². The van der Waals surface area contributed by atoms with Crippen LogP contribution in [0.2, 0.25) is 0 Å². The topological polar surface area (TPSA) is 32.3 Å². The number of rotatable bonds is 6. The van der Waals surface area contributed by atoms with E-state index in [9.17, 15) is 5.11 Å². The van der Waals surface area contributed by atoms with E-state index in [0.717, 1.165) is 13.0 Å². The summed E-state index contributed by atoms with van der Waals surface area (Å²) in [7, 11) is 0. The van der Waals surface area contributed by atoms with Crippen molar-refractivity contribution in [2.45, 2.75) is 32.9 Å². The third kappa shape index (κ3) is 4.19. The zero-order valence-electron chi connectivity index (χ0n) is 12.3. The molecule has 2 nitrogen and oxygen atoms in total. The summed E-state index contributed by atoms with van der Waals surface area (Å²) in [6.07, 6.45) is 0.849. The Hall–Kier alpha value is -1.64. The first-order chi connectivity index (χ1) is 9.69. The lowest BCUT2D eigenvalue weighted by molar-refractivity contribution is 0.240. The second-order valence-corrected chi connectivity index (χ2v) is 5.38. The van der Waals surface area contributed by atoms with Crippen LogP contribution in [-0.2, 0) is 13.0 Å². The molecule has 0 aliphatic heterocycles. The second-order valence-electron chi connectivity index (χ2n) is 5.38. The molecule has 2 rings (SSSR count). The summed E-state index contributed by atoms with van der Waals surface area (Å²) >= 11 is 0. The fourth-order valence-electron chi connectivity index (χ4n) is 2.40. The minimum atomic E-state index is 0.0955. The van der Waals surface area contributed by atoms with E-state index in [1.165, 1.54) is 22.3 Å². The number of aryl methyl sites for hydroxylation is 2. The van der Waals surface area contributed by atoms with Crippen LogP contribution >= 0.6 is 0 Å². The van der Waals surface area contributed by atoms with E-state index in [4.69, 9.17) is 0 Å².